The van der Waals surface area contributed by atoms with E-state index in [1.54, 1.807) is 44.2 Å². The molecule has 8 heteroatoms. The molecule has 0 aliphatic carbocycles. The monoisotopic (exact) mass is 410 g/mol. The maximum absolute atomic E-state index is 13.0. The normalized spacial score (nSPS) is 11.5. The van der Waals surface area contributed by atoms with Crippen LogP contribution >= 0.6 is 11.6 Å². The molecule has 0 bridgehead atoms. The molecule has 0 aliphatic heterocycles. The van der Waals surface area contributed by atoms with Gasteiger partial charge in [-0.2, -0.15) is 4.31 Å². The number of methoxy groups -OCH3 is 1. The fourth-order valence-corrected chi connectivity index (χ4v) is 4.39. The molecule has 0 aromatic heterocycles. The van der Waals surface area contributed by atoms with E-state index in [0.29, 0.717) is 10.7 Å². The highest BCUT2D eigenvalue weighted by atomic mass is 35.5. The summed E-state index contributed by atoms with van der Waals surface area (Å²) in [5.41, 5.74) is 2.16. The van der Waals surface area contributed by atoms with Crippen molar-refractivity contribution in [1.29, 1.82) is 0 Å². The average molecular weight is 411 g/mol. The van der Waals surface area contributed by atoms with Gasteiger partial charge in [-0.1, -0.05) is 30.7 Å². The summed E-state index contributed by atoms with van der Waals surface area (Å²) < 4.78 is 32.4. The maximum atomic E-state index is 13.0. The summed E-state index contributed by atoms with van der Waals surface area (Å²) in [5.74, 6) is -0.206. The summed E-state index contributed by atoms with van der Waals surface area (Å²) in [6.45, 7) is 5.13. The summed E-state index contributed by atoms with van der Waals surface area (Å²) in [4.78, 5) is 12.5. The Labute approximate surface area is 165 Å². The topological polar surface area (TPSA) is 75.7 Å². The van der Waals surface area contributed by atoms with Crippen molar-refractivity contribution < 1.29 is 17.9 Å². The van der Waals surface area contributed by atoms with Gasteiger partial charge in [-0.15, -0.1) is 0 Å². The number of nitrogens with zero attached hydrogens (tertiary/aromatic N) is 1. The second-order valence-electron chi connectivity index (χ2n) is 6.09. The lowest BCUT2D eigenvalue weighted by atomic mass is 10.2. The number of carbonyl (C=O) groups is 1. The molecular weight excluding hydrogens is 388 g/mol. The van der Waals surface area contributed by atoms with Crippen LogP contribution in [0, 0.1) is 13.8 Å². The highest BCUT2D eigenvalue weighted by Gasteiger charge is 2.28. The van der Waals surface area contributed by atoms with Gasteiger partial charge in [0.1, 0.15) is 10.6 Å². The van der Waals surface area contributed by atoms with Crippen molar-refractivity contribution in [2.45, 2.75) is 25.7 Å². The summed E-state index contributed by atoms with van der Waals surface area (Å²) in [5, 5.41) is 3.21. The van der Waals surface area contributed by atoms with E-state index in [9.17, 15) is 13.2 Å². The lowest BCUT2D eigenvalue weighted by molar-refractivity contribution is -0.116. The van der Waals surface area contributed by atoms with Crippen LogP contribution in [0.1, 0.15) is 18.1 Å². The molecule has 0 saturated carbocycles. The number of rotatable bonds is 7. The van der Waals surface area contributed by atoms with Crippen molar-refractivity contribution in [3.63, 3.8) is 0 Å². The van der Waals surface area contributed by atoms with Crippen molar-refractivity contribution in [3.8, 4) is 5.75 Å². The number of aryl methyl sites for hydroxylation is 2. The third-order valence-corrected chi connectivity index (χ3v) is 6.26. The number of hydrogen-bond acceptors (Lipinski definition) is 4. The van der Waals surface area contributed by atoms with Crippen LogP contribution in [0.2, 0.25) is 5.02 Å². The molecule has 1 amide bonds. The van der Waals surface area contributed by atoms with Crippen molar-refractivity contribution >= 4 is 33.2 Å². The summed E-state index contributed by atoms with van der Waals surface area (Å²) in [6.07, 6.45) is 0. The molecule has 0 aliphatic rings. The molecular formula is C19H23ClN2O4S. The predicted molar refractivity (Wildman–Crippen MR) is 107 cm³/mol. The fourth-order valence-electron chi connectivity index (χ4n) is 2.57. The van der Waals surface area contributed by atoms with Crippen molar-refractivity contribution in [3.05, 3.63) is 52.5 Å². The molecule has 0 radical (unpaired) electrons. The first-order chi connectivity index (χ1) is 12.7. The van der Waals surface area contributed by atoms with Crippen LogP contribution in [0.3, 0.4) is 0 Å². The molecule has 146 valence electrons. The summed E-state index contributed by atoms with van der Waals surface area (Å²) in [7, 11) is -2.49. The van der Waals surface area contributed by atoms with E-state index in [1.165, 1.54) is 13.2 Å². The van der Waals surface area contributed by atoms with Crippen molar-refractivity contribution in [1.82, 2.24) is 4.31 Å². The third kappa shape index (κ3) is 5.00. The number of sulfonamides is 1. The van der Waals surface area contributed by atoms with Crippen LogP contribution in [0.15, 0.2) is 41.3 Å². The zero-order chi connectivity index (χ0) is 20.2. The second kappa shape index (κ2) is 8.73. The predicted octanol–water partition coefficient (Wildman–Crippen LogP) is 3.61. The number of likely N-dealkylation sites (N-methyl/N-ethyl adjacent to an activating group) is 1. The van der Waals surface area contributed by atoms with E-state index >= 15 is 0 Å². The first kappa shape index (κ1) is 21.2. The van der Waals surface area contributed by atoms with Gasteiger partial charge in [0.2, 0.25) is 15.9 Å². The quantitative estimate of drug-likeness (QED) is 0.756. The maximum Gasteiger partial charge on any atom is 0.247 e. The van der Waals surface area contributed by atoms with Gasteiger partial charge in [0.25, 0.3) is 0 Å². The van der Waals surface area contributed by atoms with E-state index in [1.807, 2.05) is 6.92 Å². The van der Waals surface area contributed by atoms with Gasteiger partial charge in [0.05, 0.1) is 13.7 Å². The number of hydrogen-bond donors (Lipinski definition) is 1. The second-order valence-corrected chi connectivity index (χ2v) is 8.44. The minimum absolute atomic E-state index is 0.0404. The minimum Gasteiger partial charge on any atom is -0.495 e. The Bertz CT molecular complexity index is 945. The number of amides is 1. The van der Waals surface area contributed by atoms with E-state index in [2.05, 4.69) is 5.32 Å². The van der Waals surface area contributed by atoms with Gasteiger partial charge < -0.3 is 10.1 Å². The standard InChI is InChI=1S/C19H23ClN2O4S/c1-5-22(12-19(23)21-16-11-15(20)8-7-14(16)3)27(24,25)18-10-13(2)6-9-17(18)26-4/h6-11H,5,12H2,1-4H3,(H,21,23). The van der Waals surface area contributed by atoms with Crippen LogP contribution in [0.5, 0.6) is 5.75 Å². The van der Waals surface area contributed by atoms with Gasteiger partial charge in [-0.05, 0) is 49.2 Å². The Morgan fingerprint density at radius 3 is 2.52 bits per heavy atom. The van der Waals surface area contributed by atoms with Crippen LogP contribution in [-0.2, 0) is 14.8 Å². The zero-order valence-corrected chi connectivity index (χ0v) is 17.3. The molecule has 0 atom stereocenters. The average Bonchev–Trinajstić information content (AvgIpc) is 2.62. The molecule has 6 nitrogen and oxygen atoms in total. The first-order valence-electron chi connectivity index (χ1n) is 8.39. The van der Waals surface area contributed by atoms with Gasteiger partial charge in [-0.25, -0.2) is 8.42 Å². The Hall–Kier alpha value is -2.09. The Kier molecular flexibility index (Phi) is 6.86. The van der Waals surface area contributed by atoms with Crippen LogP contribution in [0.25, 0.3) is 0 Å². The van der Waals surface area contributed by atoms with Crippen molar-refractivity contribution in [2.24, 2.45) is 0 Å². The molecule has 0 fully saturated rings. The van der Waals surface area contributed by atoms with E-state index in [0.717, 1.165) is 15.4 Å². The number of benzene rings is 2. The number of anilines is 1. The fraction of sp³-hybridized carbons (Fsp3) is 0.316. The molecule has 27 heavy (non-hydrogen) atoms. The van der Waals surface area contributed by atoms with E-state index in [4.69, 9.17) is 16.3 Å². The molecule has 2 aromatic rings. The van der Waals surface area contributed by atoms with Gasteiger partial charge in [0, 0.05) is 17.3 Å². The Morgan fingerprint density at radius 2 is 1.89 bits per heavy atom. The summed E-state index contributed by atoms with van der Waals surface area (Å²) >= 11 is 5.96. The van der Waals surface area contributed by atoms with Gasteiger partial charge >= 0.3 is 0 Å². The molecule has 2 rings (SSSR count). The van der Waals surface area contributed by atoms with Crippen LogP contribution < -0.4 is 10.1 Å². The summed E-state index contributed by atoms with van der Waals surface area (Å²) in [6, 6.07) is 10.0. The molecule has 0 saturated heterocycles. The molecule has 0 spiro atoms. The highest BCUT2D eigenvalue weighted by molar-refractivity contribution is 7.89. The number of halogens is 1. The molecule has 0 unspecified atom stereocenters. The zero-order valence-electron chi connectivity index (χ0n) is 15.7. The van der Waals surface area contributed by atoms with Crippen LogP contribution in [-0.4, -0.2) is 38.8 Å². The van der Waals surface area contributed by atoms with E-state index in [-0.39, 0.29) is 23.7 Å². The number of carbonyl (C=O) groups excluding carboxylic acids is 1. The van der Waals surface area contributed by atoms with Crippen molar-refractivity contribution in [2.75, 3.05) is 25.5 Å². The van der Waals surface area contributed by atoms with Gasteiger partial charge in [0.15, 0.2) is 0 Å². The number of ether oxygens (including phenoxy) is 1. The third-order valence-electron chi connectivity index (χ3n) is 4.08. The lowest BCUT2D eigenvalue weighted by Crippen LogP contribution is -2.38. The Morgan fingerprint density at radius 1 is 1.19 bits per heavy atom. The molecule has 2 aromatic carbocycles. The Balaban J connectivity index is 2.27. The first-order valence-corrected chi connectivity index (χ1v) is 10.2. The van der Waals surface area contributed by atoms with E-state index < -0.39 is 15.9 Å². The van der Waals surface area contributed by atoms with Gasteiger partial charge in [-0.3, -0.25) is 4.79 Å². The largest absolute Gasteiger partial charge is 0.495 e. The SMILES string of the molecule is CCN(CC(=O)Nc1cc(Cl)ccc1C)S(=O)(=O)c1cc(C)ccc1OC. The smallest absolute Gasteiger partial charge is 0.247 e. The van der Waals surface area contributed by atoms with Crippen LogP contribution in [0.4, 0.5) is 5.69 Å². The lowest BCUT2D eigenvalue weighted by Gasteiger charge is -2.22. The molecule has 1 N–H and O–H groups in total. The molecule has 0 heterocycles. The minimum atomic E-state index is -3.90. The number of nitrogens with one attached hydrogen (secondary N) is 1. The highest BCUT2D eigenvalue weighted by Crippen LogP contribution is 2.28.